The van der Waals surface area contributed by atoms with Crippen LogP contribution < -0.4 is 0 Å². The van der Waals surface area contributed by atoms with E-state index >= 15 is 0 Å². The highest BCUT2D eigenvalue weighted by molar-refractivity contribution is 5.65. The van der Waals surface area contributed by atoms with Crippen molar-refractivity contribution in [3.8, 4) is 11.1 Å². The lowest BCUT2D eigenvalue weighted by Crippen LogP contribution is -1.93. The molecular formula is C12H7F2NO2. The fourth-order valence-corrected chi connectivity index (χ4v) is 1.52. The number of halogens is 2. The van der Waals surface area contributed by atoms with Crippen LogP contribution in [0.5, 0.6) is 0 Å². The molecule has 2 aromatic rings. The lowest BCUT2D eigenvalue weighted by atomic mass is 10.0. The van der Waals surface area contributed by atoms with Gasteiger partial charge in [-0.2, -0.15) is 4.39 Å². The molecule has 0 atom stereocenters. The number of rotatable bonds is 2. The maximum absolute atomic E-state index is 13.4. The second-order valence-corrected chi connectivity index (χ2v) is 3.40. The predicted octanol–water partition coefficient (Wildman–Crippen LogP) is 3.54. The Morgan fingerprint density at radius 3 is 2.29 bits per heavy atom. The topological polar surface area (TPSA) is 43.1 Å². The van der Waals surface area contributed by atoms with Gasteiger partial charge in [0.1, 0.15) is 5.82 Å². The standard InChI is InChI=1S/C12H7F2NO2/c13-10-4-2-1-3-9(10)8-5-6-12(15(16)17)11(14)7-8/h1-7H. The summed E-state index contributed by atoms with van der Waals surface area (Å²) in [6, 6.07) is 9.15. The molecule has 17 heavy (non-hydrogen) atoms. The number of nitro benzene ring substituents is 1. The Labute approximate surface area is 95.5 Å². The van der Waals surface area contributed by atoms with Crippen LogP contribution in [0.1, 0.15) is 0 Å². The molecule has 0 aliphatic carbocycles. The highest BCUT2D eigenvalue weighted by Crippen LogP contribution is 2.27. The van der Waals surface area contributed by atoms with Gasteiger partial charge in [-0.15, -0.1) is 0 Å². The maximum Gasteiger partial charge on any atom is 0.304 e. The Morgan fingerprint density at radius 2 is 1.71 bits per heavy atom. The van der Waals surface area contributed by atoms with Crippen molar-refractivity contribution in [2.75, 3.05) is 0 Å². The normalized spacial score (nSPS) is 10.2. The van der Waals surface area contributed by atoms with Crippen molar-refractivity contribution in [3.63, 3.8) is 0 Å². The van der Waals surface area contributed by atoms with E-state index in [9.17, 15) is 18.9 Å². The highest BCUT2D eigenvalue weighted by atomic mass is 19.1. The molecule has 2 aromatic carbocycles. The van der Waals surface area contributed by atoms with Crippen molar-refractivity contribution < 1.29 is 13.7 Å². The van der Waals surface area contributed by atoms with Gasteiger partial charge in [0.15, 0.2) is 0 Å². The minimum Gasteiger partial charge on any atom is -0.258 e. The molecule has 0 fully saturated rings. The number of benzene rings is 2. The van der Waals surface area contributed by atoms with E-state index < -0.39 is 22.2 Å². The summed E-state index contributed by atoms with van der Waals surface area (Å²) in [5.74, 6) is -1.48. The average Bonchev–Trinajstić information content (AvgIpc) is 2.29. The Morgan fingerprint density at radius 1 is 1.00 bits per heavy atom. The molecular weight excluding hydrogens is 228 g/mol. The minimum atomic E-state index is -0.976. The molecule has 0 amide bonds. The van der Waals surface area contributed by atoms with Crippen molar-refractivity contribution in [2.24, 2.45) is 0 Å². The zero-order chi connectivity index (χ0) is 12.4. The Kier molecular flexibility index (Phi) is 2.82. The summed E-state index contributed by atoms with van der Waals surface area (Å²) in [7, 11) is 0. The summed E-state index contributed by atoms with van der Waals surface area (Å²) in [5, 5.41) is 10.4. The van der Waals surface area contributed by atoms with E-state index in [0.29, 0.717) is 0 Å². The van der Waals surface area contributed by atoms with Crippen LogP contribution in [0, 0.1) is 21.7 Å². The number of hydrogen-bond acceptors (Lipinski definition) is 2. The van der Waals surface area contributed by atoms with Gasteiger partial charge >= 0.3 is 5.69 Å². The van der Waals surface area contributed by atoms with Crippen LogP contribution in [0.2, 0.25) is 0 Å². The maximum atomic E-state index is 13.4. The van der Waals surface area contributed by atoms with E-state index in [-0.39, 0.29) is 11.1 Å². The van der Waals surface area contributed by atoms with Crippen LogP contribution >= 0.6 is 0 Å². The van der Waals surface area contributed by atoms with Gasteiger partial charge in [-0.05, 0) is 23.8 Å². The first-order valence-corrected chi connectivity index (χ1v) is 4.78. The summed E-state index contributed by atoms with van der Waals surface area (Å²) in [6.07, 6.45) is 0. The fraction of sp³-hybridized carbons (Fsp3) is 0. The molecule has 0 unspecified atom stereocenters. The zero-order valence-electron chi connectivity index (χ0n) is 8.56. The van der Waals surface area contributed by atoms with E-state index in [1.807, 2.05) is 0 Å². The third-order valence-electron chi connectivity index (χ3n) is 2.33. The van der Waals surface area contributed by atoms with Crippen molar-refractivity contribution in [1.82, 2.24) is 0 Å². The summed E-state index contributed by atoms with van der Waals surface area (Å²) >= 11 is 0. The van der Waals surface area contributed by atoms with Crippen LogP contribution in [0.4, 0.5) is 14.5 Å². The van der Waals surface area contributed by atoms with E-state index in [1.165, 1.54) is 24.3 Å². The van der Waals surface area contributed by atoms with E-state index in [0.717, 1.165) is 12.1 Å². The van der Waals surface area contributed by atoms with Crippen LogP contribution in [-0.4, -0.2) is 4.92 Å². The van der Waals surface area contributed by atoms with Crippen molar-refractivity contribution in [2.45, 2.75) is 0 Å². The summed E-state index contributed by atoms with van der Waals surface area (Å²) in [5.41, 5.74) is -0.141. The SMILES string of the molecule is O=[N+]([O-])c1ccc(-c2ccccc2F)cc1F. The summed E-state index contributed by atoms with van der Waals surface area (Å²) in [4.78, 5) is 9.61. The molecule has 0 radical (unpaired) electrons. The Balaban J connectivity index is 2.52. The van der Waals surface area contributed by atoms with Crippen LogP contribution in [0.3, 0.4) is 0 Å². The average molecular weight is 235 g/mol. The van der Waals surface area contributed by atoms with Gasteiger partial charge in [0.2, 0.25) is 5.82 Å². The van der Waals surface area contributed by atoms with Gasteiger partial charge in [0.05, 0.1) is 4.92 Å². The second-order valence-electron chi connectivity index (χ2n) is 3.40. The van der Waals surface area contributed by atoms with Gasteiger partial charge in [-0.25, -0.2) is 4.39 Å². The molecule has 3 nitrogen and oxygen atoms in total. The number of hydrogen-bond donors (Lipinski definition) is 0. The van der Waals surface area contributed by atoms with E-state index in [2.05, 4.69) is 0 Å². The van der Waals surface area contributed by atoms with Gasteiger partial charge in [-0.3, -0.25) is 10.1 Å². The second kappa shape index (κ2) is 4.29. The molecule has 0 spiro atoms. The highest BCUT2D eigenvalue weighted by Gasteiger charge is 2.15. The van der Waals surface area contributed by atoms with E-state index in [1.54, 1.807) is 6.07 Å². The molecule has 0 N–H and O–H groups in total. The molecule has 0 saturated carbocycles. The molecule has 0 bridgehead atoms. The van der Waals surface area contributed by atoms with Crippen LogP contribution in [-0.2, 0) is 0 Å². The third-order valence-corrected chi connectivity index (χ3v) is 2.33. The first-order chi connectivity index (χ1) is 8.09. The number of nitrogens with zero attached hydrogens (tertiary/aromatic N) is 1. The molecule has 5 heteroatoms. The minimum absolute atomic E-state index is 0.210. The largest absolute Gasteiger partial charge is 0.304 e. The fourth-order valence-electron chi connectivity index (χ4n) is 1.52. The van der Waals surface area contributed by atoms with Gasteiger partial charge in [0, 0.05) is 11.6 Å². The van der Waals surface area contributed by atoms with Gasteiger partial charge < -0.3 is 0 Å². The molecule has 0 heterocycles. The molecule has 0 aromatic heterocycles. The molecule has 0 aliphatic heterocycles. The lowest BCUT2D eigenvalue weighted by molar-refractivity contribution is -0.387. The predicted molar refractivity (Wildman–Crippen MR) is 58.4 cm³/mol. The third kappa shape index (κ3) is 2.13. The first kappa shape index (κ1) is 11.2. The van der Waals surface area contributed by atoms with E-state index in [4.69, 9.17) is 0 Å². The quantitative estimate of drug-likeness (QED) is 0.590. The smallest absolute Gasteiger partial charge is 0.258 e. The van der Waals surface area contributed by atoms with Crippen molar-refractivity contribution in [1.29, 1.82) is 0 Å². The van der Waals surface area contributed by atoms with Crippen LogP contribution in [0.25, 0.3) is 11.1 Å². The summed E-state index contributed by atoms with van der Waals surface area (Å²) < 4.78 is 26.8. The monoisotopic (exact) mass is 235 g/mol. The zero-order valence-corrected chi connectivity index (χ0v) is 8.56. The number of nitro groups is 1. The van der Waals surface area contributed by atoms with Crippen molar-refractivity contribution in [3.05, 3.63) is 64.2 Å². The molecule has 0 saturated heterocycles. The first-order valence-electron chi connectivity index (χ1n) is 4.78. The van der Waals surface area contributed by atoms with Gasteiger partial charge in [0.25, 0.3) is 0 Å². The van der Waals surface area contributed by atoms with Gasteiger partial charge in [-0.1, -0.05) is 18.2 Å². The molecule has 2 rings (SSSR count). The Hall–Kier alpha value is -2.30. The van der Waals surface area contributed by atoms with Crippen LogP contribution in [0.15, 0.2) is 42.5 Å². The molecule has 0 aliphatic rings. The Bertz CT molecular complexity index is 584. The molecule has 86 valence electrons. The lowest BCUT2D eigenvalue weighted by Gasteiger charge is -2.03. The summed E-state index contributed by atoms with van der Waals surface area (Å²) in [6.45, 7) is 0. The van der Waals surface area contributed by atoms with Crippen molar-refractivity contribution >= 4 is 5.69 Å².